The van der Waals surface area contributed by atoms with Crippen molar-refractivity contribution in [1.82, 2.24) is 0 Å². The van der Waals surface area contributed by atoms with Gasteiger partial charge >= 0.3 is 5.97 Å². The number of carbonyl (C=O) groups excluding carboxylic acids is 1. The molecule has 150 valence electrons. The van der Waals surface area contributed by atoms with Crippen LogP contribution in [-0.4, -0.2) is 5.97 Å². The third kappa shape index (κ3) is 3.96. The minimum Gasteiger partial charge on any atom is -0.460 e. The molecule has 4 aromatic rings. The van der Waals surface area contributed by atoms with Gasteiger partial charge < -0.3 is 13.9 Å². The average Bonchev–Trinajstić information content (AvgIpc) is 2.76. The average molecular weight is 400 g/mol. The highest BCUT2D eigenvalue weighted by atomic mass is 16.5. The molecule has 4 rings (SSSR count). The molecule has 0 aliphatic heterocycles. The molecule has 5 heteroatoms. The van der Waals surface area contributed by atoms with Gasteiger partial charge in [0, 0.05) is 6.07 Å². The number of hydrogen-bond acceptors (Lipinski definition) is 5. The van der Waals surface area contributed by atoms with Crippen LogP contribution in [0.2, 0.25) is 0 Å². The summed E-state index contributed by atoms with van der Waals surface area (Å²) in [6.07, 6.45) is 2.19. The van der Waals surface area contributed by atoms with Crippen LogP contribution in [0.5, 0.6) is 17.2 Å². The molecule has 1 aromatic heterocycles. The van der Waals surface area contributed by atoms with E-state index in [9.17, 15) is 9.59 Å². The van der Waals surface area contributed by atoms with Gasteiger partial charge in [-0.2, -0.15) is 0 Å². The summed E-state index contributed by atoms with van der Waals surface area (Å²) < 4.78 is 16.7. The SMILES string of the molecule is CCc1ccc(Oc2coc3cc(OC(=O)c4ccccc4C)ccc3c2=O)cc1. The lowest BCUT2D eigenvalue weighted by atomic mass is 10.1. The Balaban J connectivity index is 1.58. The molecule has 0 atom stereocenters. The molecular formula is C25H20O5. The standard InChI is InChI=1S/C25H20O5/c1-3-17-8-10-18(11-9-17)29-23-15-28-22-14-19(12-13-21(22)24(23)26)30-25(27)20-7-5-4-6-16(20)2/h4-15H,3H2,1-2H3. The van der Waals surface area contributed by atoms with Gasteiger partial charge in [0.2, 0.25) is 11.2 Å². The molecule has 0 bridgehead atoms. The zero-order valence-electron chi connectivity index (χ0n) is 16.7. The lowest BCUT2D eigenvalue weighted by Crippen LogP contribution is -2.10. The summed E-state index contributed by atoms with van der Waals surface area (Å²) >= 11 is 0. The fourth-order valence-electron chi connectivity index (χ4n) is 3.11. The predicted octanol–water partition coefficient (Wildman–Crippen LogP) is 5.68. The second-order valence-corrected chi connectivity index (χ2v) is 6.89. The molecule has 1 heterocycles. The van der Waals surface area contributed by atoms with Crippen LogP contribution in [0, 0.1) is 6.92 Å². The highest BCUT2D eigenvalue weighted by Gasteiger charge is 2.14. The molecule has 0 aliphatic carbocycles. The number of hydrogen-bond donors (Lipinski definition) is 0. The van der Waals surface area contributed by atoms with Crippen LogP contribution in [-0.2, 0) is 6.42 Å². The van der Waals surface area contributed by atoms with E-state index in [1.165, 1.54) is 17.9 Å². The van der Waals surface area contributed by atoms with Crippen molar-refractivity contribution >= 4 is 16.9 Å². The number of esters is 1. The number of ether oxygens (including phenoxy) is 2. The van der Waals surface area contributed by atoms with Gasteiger partial charge in [-0.1, -0.05) is 37.3 Å². The molecule has 0 unspecified atom stereocenters. The maximum atomic E-state index is 12.8. The summed E-state index contributed by atoms with van der Waals surface area (Å²) in [5.41, 5.74) is 2.50. The van der Waals surface area contributed by atoms with E-state index < -0.39 is 5.97 Å². The first kappa shape index (κ1) is 19.5. The Hall–Kier alpha value is -3.86. The minimum absolute atomic E-state index is 0.0939. The second-order valence-electron chi connectivity index (χ2n) is 6.89. The van der Waals surface area contributed by atoms with Crippen molar-refractivity contribution in [1.29, 1.82) is 0 Å². The van der Waals surface area contributed by atoms with E-state index >= 15 is 0 Å². The molecule has 0 N–H and O–H groups in total. The van der Waals surface area contributed by atoms with E-state index in [0.717, 1.165) is 12.0 Å². The predicted molar refractivity (Wildman–Crippen MR) is 115 cm³/mol. The van der Waals surface area contributed by atoms with Crippen LogP contribution < -0.4 is 14.9 Å². The minimum atomic E-state index is -0.467. The Morgan fingerprint density at radius 1 is 0.967 bits per heavy atom. The van der Waals surface area contributed by atoms with Gasteiger partial charge in [-0.05, 0) is 54.8 Å². The molecule has 0 spiro atoms. The third-order valence-electron chi connectivity index (χ3n) is 4.85. The van der Waals surface area contributed by atoms with E-state index in [4.69, 9.17) is 13.9 Å². The molecule has 0 saturated carbocycles. The number of aryl methyl sites for hydroxylation is 2. The fourth-order valence-corrected chi connectivity index (χ4v) is 3.11. The lowest BCUT2D eigenvalue weighted by Gasteiger charge is -2.08. The van der Waals surface area contributed by atoms with Crippen molar-refractivity contribution in [3.05, 3.63) is 99.9 Å². The summed E-state index contributed by atoms with van der Waals surface area (Å²) in [6, 6.07) is 19.4. The summed E-state index contributed by atoms with van der Waals surface area (Å²) in [7, 11) is 0. The van der Waals surface area contributed by atoms with Crippen molar-refractivity contribution < 1.29 is 18.7 Å². The van der Waals surface area contributed by atoms with E-state index in [-0.39, 0.29) is 11.2 Å². The molecule has 0 saturated heterocycles. The zero-order chi connectivity index (χ0) is 21.1. The molecule has 5 nitrogen and oxygen atoms in total. The topological polar surface area (TPSA) is 65.7 Å². The van der Waals surface area contributed by atoms with Crippen molar-refractivity contribution in [3.63, 3.8) is 0 Å². The number of carbonyl (C=O) groups is 1. The van der Waals surface area contributed by atoms with Gasteiger partial charge in [0.1, 0.15) is 23.3 Å². The van der Waals surface area contributed by atoms with Crippen LogP contribution in [0.25, 0.3) is 11.0 Å². The van der Waals surface area contributed by atoms with Gasteiger partial charge in [-0.15, -0.1) is 0 Å². The molecule has 0 radical (unpaired) electrons. The summed E-state index contributed by atoms with van der Waals surface area (Å²) in [5, 5.41) is 0.341. The Bertz CT molecular complexity index is 1270. The maximum Gasteiger partial charge on any atom is 0.343 e. The molecular weight excluding hydrogens is 380 g/mol. The molecule has 0 aliphatic rings. The molecule has 0 amide bonds. The zero-order valence-corrected chi connectivity index (χ0v) is 16.7. The van der Waals surface area contributed by atoms with Gasteiger partial charge in [0.15, 0.2) is 0 Å². The first-order valence-corrected chi connectivity index (χ1v) is 9.65. The Morgan fingerprint density at radius 3 is 2.43 bits per heavy atom. The van der Waals surface area contributed by atoms with Crippen molar-refractivity contribution in [3.8, 4) is 17.2 Å². The Kier molecular flexibility index (Phi) is 5.35. The van der Waals surface area contributed by atoms with Crippen LogP contribution in [0.4, 0.5) is 0 Å². The lowest BCUT2D eigenvalue weighted by molar-refractivity contribution is 0.0734. The van der Waals surface area contributed by atoms with Crippen LogP contribution >= 0.6 is 0 Å². The van der Waals surface area contributed by atoms with E-state index in [2.05, 4.69) is 6.92 Å². The molecule has 3 aromatic carbocycles. The highest BCUT2D eigenvalue weighted by Crippen LogP contribution is 2.25. The van der Waals surface area contributed by atoms with Gasteiger partial charge in [-0.3, -0.25) is 4.79 Å². The van der Waals surface area contributed by atoms with Crippen molar-refractivity contribution in [2.45, 2.75) is 20.3 Å². The molecule has 0 fully saturated rings. The van der Waals surface area contributed by atoms with Crippen LogP contribution in [0.3, 0.4) is 0 Å². The first-order valence-electron chi connectivity index (χ1n) is 9.65. The fraction of sp³-hybridized carbons (Fsp3) is 0.120. The van der Waals surface area contributed by atoms with Crippen LogP contribution in [0.15, 0.2) is 82.2 Å². The number of fused-ring (bicyclic) bond motifs is 1. The summed E-state index contributed by atoms with van der Waals surface area (Å²) in [6.45, 7) is 3.91. The van der Waals surface area contributed by atoms with E-state index in [1.54, 1.807) is 24.3 Å². The second kappa shape index (κ2) is 8.25. The number of benzene rings is 3. The van der Waals surface area contributed by atoms with Crippen LogP contribution in [0.1, 0.15) is 28.4 Å². The monoisotopic (exact) mass is 400 g/mol. The summed E-state index contributed by atoms with van der Waals surface area (Å²) in [5.74, 6) is 0.479. The van der Waals surface area contributed by atoms with Gasteiger partial charge in [-0.25, -0.2) is 4.79 Å². The largest absolute Gasteiger partial charge is 0.460 e. The van der Waals surface area contributed by atoms with Crippen molar-refractivity contribution in [2.75, 3.05) is 0 Å². The third-order valence-corrected chi connectivity index (χ3v) is 4.85. The van der Waals surface area contributed by atoms with Crippen molar-refractivity contribution in [2.24, 2.45) is 0 Å². The molecule has 30 heavy (non-hydrogen) atoms. The smallest absolute Gasteiger partial charge is 0.343 e. The summed E-state index contributed by atoms with van der Waals surface area (Å²) in [4.78, 5) is 25.2. The highest BCUT2D eigenvalue weighted by molar-refractivity contribution is 5.93. The quantitative estimate of drug-likeness (QED) is 0.319. The maximum absolute atomic E-state index is 12.8. The number of rotatable bonds is 5. The normalized spacial score (nSPS) is 10.7. The Morgan fingerprint density at radius 2 is 1.70 bits per heavy atom. The van der Waals surface area contributed by atoms with Gasteiger partial charge in [0.25, 0.3) is 0 Å². The van der Waals surface area contributed by atoms with E-state index in [1.807, 2.05) is 43.3 Å². The van der Waals surface area contributed by atoms with Gasteiger partial charge in [0.05, 0.1) is 10.9 Å². The Labute approximate surface area is 173 Å². The van der Waals surface area contributed by atoms with E-state index in [0.29, 0.717) is 28.0 Å². The first-order chi connectivity index (χ1) is 14.5.